The highest BCUT2D eigenvalue weighted by Crippen LogP contribution is 2.46. The van der Waals surface area contributed by atoms with Gasteiger partial charge in [-0.1, -0.05) is 54.6 Å². The van der Waals surface area contributed by atoms with Crippen molar-refractivity contribution in [2.75, 3.05) is 5.32 Å². The monoisotopic (exact) mass is 318 g/mol. The first-order valence-electron chi connectivity index (χ1n) is 8.50. The van der Waals surface area contributed by atoms with Gasteiger partial charge in [0, 0.05) is 22.0 Å². The summed E-state index contributed by atoms with van der Waals surface area (Å²) >= 11 is 0. The smallest absolute Gasteiger partial charge is 0.0736 e. The van der Waals surface area contributed by atoms with Gasteiger partial charge in [-0.2, -0.15) is 0 Å². The number of benzene rings is 4. The molecular weight excluding hydrogens is 304 g/mol. The summed E-state index contributed by atoms with van der Waals surface area (Å²) in [4.78, 5) is 4.88. The Morgan fingerprint density at radius 1 is 0.640 bits per heavy atom. The number of fused-ring (bicyclic) bond motifs is 5. The SMILES string of the molecule is c1ccc2cc3c(cc2c1)Nc1c2ccccc2nc2cccc-3c12. The van der Waals surface area contributed by atoms with Gasteiger partial charge in [0.05, 0.1) is 16.7 Å². The number of hydrogen-bond acceptors (Lipinski definition) is 2. The number of nitrogens with one attached hydrogen (secondary N) is 1. The second-order valence-corrected chi connectivity index (χ2v) is 6.57. The fourth-order valence-electron chi connectivity index (χ4n) is 4.00. The van der Waals surface area contributed by atoms with E-state index in [9.17, 15) is 0 Å². The molecule has 0 saturated heterocycles. The van der Waals surface area contributed by atoms with Gasteiger partial charge in [-0.05, 0) is 40.6 Å². The number of anilines is 2. The third kappa shape index (κ3) is 1.71. The quantitative estimate of drug-likeness (QED) is 0.334. The van der Waals surface area contributed by atoms with Crippen LogP contribution in [0.1, 0.15) is 0 Å². The highest BCUT2D eigenvalue weighted by atomic mass is 14.9. The van der Waals surface area contributed by atoms with Crippen molar-refractivity contribution in [3.05, 3.63) is 78.9 Å². The average Bonchev–Trinajstić information content (AvgIpc) is 2.67. The van der Waals surface area contributed by atoms with Gasteiger partial charge in [0.25, 0.3) is 0 Å². The summed E-state index contributed by atoms with van der Waals surface area (Å²) in [5.74, 6) is 0. The lowest BCUT2D eigenvalue weighted by Gasteiger charge is -2.24. The first-order chi connectivity index (χ1) is 12.4. The zero-order valence-corrected chi connectivity index (χ0v) is 13.5. The Kier molecular flexibility index (Phi) is 2.37. The standard InChI is InChI=1S/C23H14N2/c1-2-7-15-13-21-18(12-14(15)6-1)16-9-5-11-20-22(16)23(25-21)17-8-3-4-10-19(17)24-20/h1-13,25H. The van der Waals surface area contributed by atoms with Crippen LogP contribution in [-0.4, -0.2) is 4.98 Å². The van der Waals surface area contributed by atoms with Crippen molar-refractivity contribution in [3.63, 3.8) is 0 Å². The predicted octanol–water partition coefficient (Wildman–Crippen LogP) is 6.27. The van der Waals surface area contributed by atoms with Gasteiger partial charge in [-0.3, -0.25) is 0 Å². The first-order valence-corrected chi connectivity index (χ1v) is 8.50. The van der Waals surface area contributed by atoms with E-state index in [2.05, 4.69) is 78.1 Å². The number of pyridine rings is 1. The topological polar surface area (TPSA) is 24.9 Å². The van der Waals surface area contributed by atoms with E-state index in [1.165, 1.54) is 38.4 Å². The van der Waals surface area contributed by atoms with Crippen molar-refractivity contribution in [1.82, 2.24) is 4.98 Å². The van der Waals surface area contributed by atoms with Crippen LogP contribution in [0.2, 0.25) is 0 Å². The van der Waals surface area contributed by atoms with Crippen molar-refractivity contribution in [1.29, 1.82) is 0 Å². The van der Waals surface area contributed by atoms with Gasteiger partial charge in [-0.15, -0.1) is 0 Å². The van der Waals surface area contributed by atoms with Crippen molar-refractivity contribution in [2.45, 2.75) is 0 Å². The van der Waals surface area contributed by atoms with Crippen LogP contribution in [0.5, 0.6) is 0 Å². The molecule has 25 heavy (non-hydrogen) atoms. The Morgan fingerprint density at radius 3 is 2.32 bits per heavy atom. The Morgan fingerprint density at radius 2 is 1.40 bits per heavy atom. The molecule has 5 aromatic rings. The lowest BCUT2D eigenvalue weighted by atomic mass is 9.91. The molecule has 1 aliphatic heterocycles. The second-order valence-electron chi connectivity index (χ2n) is 6.57. The molecule has 2 nitrogen and oxygen atoms in total. The molecule has 4 aromatic carbocycles. The zero-order valence-electron chi connectivity index (χ0n) is 13.5. The summed E-state index contributed by atoms with van der Waals surface area (Å²) in [6.07, 6.45) is 0. The van der Waals surface area contributed by atoms with Crippen molar-refractivity contribution < 1.29 is 0 Å². The molecule has 1 N–H and O–H groups in total. The molecule has 0 fully saturated rings. The molecule has 0 amide bonds. The third-order valence-corrected chi connectivity index (χ3v) is 5.14. The van der Waals surface area contributed by atoms with Crippen molar-refractivity contribution >= 4 is 44.0 Å². The molecule has 116 valence electrons. The van der Waals surface area contributed by atoms with E-state index >= 15 is 0 Å². The minimum atomic E-state index is 1.03. The molecule has 0 aliphatic carbocycles. The maximum atomic E-state index is 4.88. The van der Waals surface area contributed by atoms with Gasteiger partial charge in [-0.25, -0.2) is 4.98 Å². The lowest BCUT2D eigenvalue weighted by Crippen LogP contribution is -2.03. The number of rotatable bonds is 0. The highest BCUT2D eigenvalue weighted by Gasteiger charge is 2.21. The Hall–Kier alpha value is -3.39. The minimum absolute atomic E-state index is 1.03. The molecule has 0 radical (unpaired) electrons. The molecule has 2 heterocycles. The summed E-state index contributed by atoms with van der Waals surface area (Å²) in [6.45, 7) is 0. The Labute approximate surface area is 144 Å². The Bertz CT molecular complexity index is 1320. The molecule has 1 aliphatic rings. The Balaban J connectivity index is 1.81. The van der Waals surface area contributed by atoms with Crippen LogP contribution in [0.3, 0.4) is 0 Å². The number of hydrogen-bond donors (Lipinski definition) is 1. The predicted molar refractivity (Wildman–Crippen MR) is 105 cm³/mol. The molecule has 6 rings (SSSR count). The van der Waals surface area contributed by atoms with E-state index < -0.39 is 0 Å². The van der Waals surface area contributed by atoms with Gasteiger partial charge in [0.15, 0.2) is 0 Å². The lowest BCUT2D eigenvalue weighted by molar-refractivity contribution is 1.47. The molecular formula is C23H14N2. The third-order valence-electron chi connectivity index (χ3n) is 5.14. The highest BCUT2D eigenvalue weighted by molar-refractivity contribution is 6.19. The van der Waals surface area contributed by atoms with E-state index in [4.69, 9.17) is 4.98 Å². The minimum Gasteiger partial charge on any atom is -0.354 e. The number of para-hydroxylation sites is 1. The summed E-state index contributed by atoms with van der Waals surface area (Å²) in [5.41, 5.74) is 6.89. The van der Waals surface area contributed by atoms with Crippen LogP contribution in [0.25, 0.3) is 43.7 Å². The van der Waals surface area contributed by atoms with E-state index in [0.717, 1.165) is 16.7 Å². The molecule has 2 heteroatoms. The summed E-state index contributed by atoms with van der Waals surface area (Å²) in [5, 5.41) is 8.59. The average molecular weight is 318 g/mol. The normalized spacial score (nSPS) is 12.3. The maximum Gasteiger partial charge on any atom is 0.0736 e. The van der Waals surface area contributed by atoms with E-state index in [0.29, 0.717) is 0 Å². The van der Waals surface area contributed by atoms with Crippen LogP contribution in [-0.2, 0) is 0 Å². The van der Waals surface area contributed by atoms with E-state index in [1.807, 2.05) is 6.07 Å². The van der Waals surface area contributed by atoms with Crippen LogP contribution < -0.4 is 5.32 Å². The fraction of sp³-hybridized carbons (Fsp3) is 0. The van der Waals surface area contributed by atoms with Crippen molar-refractivity contribution in [3.8, 4) is 11.1 Å². The van der Waals surface area contributed by atoms with Crippen LogP contribution >= 0.6 is 0 Å². The maximum absolute atomic E-state index is 4.88. The van der Waals surface area contributed by atoms with Gasteiger partial charge in [0.1, 0.15) is 0 Å². The van der Waals surface area contributed by atoms with Gasteiger partial charge in [0.2, 0.25) is 0 Å². The van der Waals surface area contributed by atoms with Crippen LogP contribution in [0.15, 0.2) is 78.9 Å². The van der Waals surface area contributed by atoms with Crippen LogP contribution in [0.4, 0.5) is 11.4 Å². The molecule has 0 atom stereocenters. The molecule has 0 unspecified atom stereocenters. The fourth-order valence-corrected chi connectivity index (χ4v) is 4.00. The van der Waals surface area contributed by atoms with Gasteiger partial charge < -0.3 is 5.32 Å². The largest absolute Gasteiger partial charge is 0.354 e. The molecule has 0 spiro atoms. The molecule has 1 aromatic heterocycles. The second kappa shape index (κ2) is 4.58. The first kappa shape index (κ1) is 13.0. The summed E-state index contributed by atoms with van der Waals surface area (Å²) in [7, 11) is 0. The number of aromatic nitrogens is 1. The molecule has 0 bridgehead atoms. The summed E-state index contributed by atoms with van der Waals surface area (Å²) in [6, 6.07) is 27.8. The molecule has 0 saturated carbocycles. The van der Waals surface area contributed by atoms with Crippen molar-refractivity contribution in [2.24, 2.45) is 0 Å². The zero-order chi connectivity index (χ0) is 16.4. The van der Waals surface area contributed by atoms with E-state index in [-0.39, 0.29) is 0 Å². The number of nitrogens with zero attached hydrogens (tertiary/aromatic N) is 1. The van der Waals surface area contributed by atoms with Gasteiger partial charge >= 0.3 is 0 Å². The summed E-state index contributed by atoms with van der Waals surface area (Å²) < 4.78 is 0. The van der Waals surface area contributed by atoms with Crippen LogP contribution in [0, 0.1) is 0 Å². The van der Waals surface area contributed by atoms with E-state index in [1.54, 1.807) is 0 Å².